The Morgan fingerprint density at radius 2 is 1.72 bits per heavy atom. The van der Waals surface area contributed by atoms with Crippen molar-refractivity contribution in [2.45, 2.75) is 13.8 Å². The first-order chi connectivity index (χ1) is 8.31. The van der Waals surface area contributed by atoms with Gasteiger partial charge >= 0.3 is 5.97 Å². The van der Waals surface area contributed by atoms with E-state index in [0.29, 0.717) is 0 Å². The molecule has 0 aliphatic rings. The lowest BCUT2D eigenvalue weighted by Gasteiger charge is -2.05. The van der Waals surface area contributed by atoms with Crippen molar-refractivity contribution in [2.75, 3.05) is 5.32 Å². The maximum Gasteiger partial charge on any atom is 0.341 e. The second-order valence-corrected chi connectivity index (χ2v) is 3.83. The van der Waals surface area contributed by atoms with Gasteiger partial charge in [-0.15, -0.1) is 0 Å². The van der Waals surface area contributed by atoms with Crippen LogP contribution in [0.5, 0.6) is 0 Å². The molecule has 0 atom stereocenters. The number of allylic oxidation sites excluding steroid dienone is 1. The van der Waals surface area contributed by atoms with Crippen molar-refractivity contribution in [1.29, 1.82) is 0 Å². The molecule has 0 aliphatic heterocycles. The maximum absolute atomic E-state index is 13.3. The van der Waals surface area contributed by atoms with E-state index in [4.69, 9.17) is 5.11 Å². The molecular formula is C12H11F2NO3. The van der Waals surface area contributed by atoms with E-state index in [1.165, 1.54) is 6.08 Å². The predicted molar refractivity (Wildman–Crippen MR) is 61.4 cm³/mol. The Morgan fingerprint density at radius 3 is 2.11 bits per heavy atom. The average molecular weight is 255 g/mol. The van der Waals surface area contributed by atoms with Crippen LogP contribution in [0.1, 0.15) is 24.2 Å². The number of aromatic carboxylic acids is 1. The Hall–Kier alpha value is -2.24. The Kier molecular flexibility index (Phi) is 4.14. The molecule has 0 unspecified atom stereocenters. The van der Waals surface area contributed by atoms with Crippen LogP contribution >= 0.6 is 0 Å². The molecule has 6 heteroatoms. The molecule has 0 radical (unpaired) electrons. The molecule has 1 aromatic carbocycles. The van der Waals surface area contributed by atoms with Gasteiger partial charge in [-0.2, -0.15) is 0 Å². The zero-order valence-corrected chi connectivity index (χ0v) is 9.75. The summed E-state index contributed by atoms with van der Waals surface area (Å²) in [6.07, 6.45) is 1.25. The van der Waals surface area contributed by atoms with Gasteiger partial charge in [0.2, 0.25) is 5.91 Å². The molecule has 1 amide bonds. The Labute approximate surface area is 102 Å². The van der Waals surface area contributed by atoms with E-state index in [1.54, 1.807) is 13.8 Å². The Bertz CT molecular complexity index is 511. The SMILES string of the molecule is CC(C)=CC(=O)Nc1cc(F)c(C(=O)O)c(F)c1. The van der Waals surface area contributed by atoms with Gasteiger partial charge < -0.3 is 10.4 Å². The van der Waals surface area contributed by atoms with Crippen LogP contribution in [0.3, 0.4) is 0 Å². The summed E-state index contributed by atoms with van der Waals surface area (Å²) in [6.45, 7) is 3.38. The molecule has 0 aromatic heterocycles. The molecule has 0 bridgehead atoms. The summed E-state index contributed by atoms with van der Waals surface area (Å²) in [5, 5.41) is 10.8. The number of nitrogens with one attached hydrogen (secondary N) is 1. The first kappa shape index (κ1) is 13.8. The fraction of sp³-hybridized carbons (Fsp3) is 0.167. The van der Waals surface area contributed by atoms with Crippen LogP contribution in [0.25, 0.3) is 0 Å². The van der Waals surface area contributed by atoms with Crippen molar-refractivity contribution in [2.24, 2.45) is 0 Å². The number of hydrogen-bond acceptors (Lipinski definition) is 2. The lowest BCUT2D eigenvalue weighted by Crippen LogP contribution is -2.11. The van der Waals surface area contributed by atoms with E-state index >= 15 is 0 Å². The van der Waals surface area contributed by atoms with Crippen molar-refractivity contribution >= 4 is 17.6 Å². The van der Waals surface area contributed by atoms with Crippen molar-refractivity contribution in [1.82, 2.24) is 0 Å². The second-order valence-electron chi connectivity index (χ2n) is 3.83. The van der Waals surface area contributed by atoms with E-state index in [0.717, 1.165) is 17.7 Å². The summed E-state index contributed by atoms with van der Waals surface area (Å²) < 4.78 is 26.6. The summed E-state index contributed by atoms with van der Waals surface area (Å²) >= 11 is 0. The number of anilines is 1. The summed E-state index contributed by atoms with van der Waals surface area (Å²) in [6, 6.07) is 1.51. The zero-order chi connectivity index (χ0) is 13.9. The topological polar surface area (TPSA) is 66.4 Å². The fourth-order valence-electron chi connectivity index (χ4n) is 1.29. The normalized spacial score (nSPS) is 9.78. The highest BCUT2D eigenvalue weighted by Crippen LogP contribution is 2.19. The first-order valence-electron chi connectivity index (χ1n) is 4.99. The fourth-order valence-corrected chi connectivity index (χ4v) is 1.29. The maximum atomic E-state index is 13.3. The monoisotopic (exact) mass is 255 g/mol. The standard InChI is InChI=1S/C12H11F2NO3/c1-6(2)3-10(16)15-7-4-8(13)11(12(17)18)9(14)5-7/h3-5H,1-2H3,(H,15,16)(H,17,18). The third-order valence-electron chi connectivity index (χ3n) is 1.94. The van der Waals surface area contributed by atoms with Gasteiger partial charge in [-0.1, -0.05) is 5.57 Å². The third-order valence-corrected chi connectivity index (χ3v) is 1.94. The van der Waals surface area contributed by atoms with Crippen LogP contribution in [-0.2, 0) is 4.79 Å². The molecule has 1 rings (SSSR count). The number of carbonyl (C=O) groups is 2. The summed E-state index contributed by atoms with van der Waals surface area (Å²) in [5.74, 6) is -4.73. The van der Waals surface area contributed by atoms with Gasteiger partial charge in [-0.25, -0.2) is 13.6 Å². The molecular weight excluding hydrogens is 244 g/mol. The molecule has 0 aliphatic carbocycles. The van der Waals surface area contributed by atoms with Gasteiger partial charge in [-0.3, -0.25) is 4.79 Å². The van der Waals surface area contributed by atoms with Crippen LogP contribution in [0.2, 0.25) is 0 Å². The Balaban J connectivity index is 3.04. The average Bonchev–Trinajstić information content (AvgIpc) is 2.12. The van der Waals surface area contributed by atoms with E-state index in [-0.39, 0.29) is 5.69 Å². The zero-order valence-electron chi connectivity index (χ0n) is 9.75. The smallest absolute Gasteiger partial charge is 0.341 e. The number of carboxylic acid groups (broad SMARTS) is 1. The lowest BCUT2D eigenvalue weighted by atomic mass is 10.1. The molecule has 2 N–H and O–H groups in total. The van der Waals surface area contributed by atoms with Crippen LogP contribution in [-0.4, -0.2) is 17.0 Å². The molecule has 0 spiro atoms. The summed E-state index contributed by atoms with van der Waals surface area (Å²) in [5.41, 5.74) is -0.469. The molecule has 96 valence electrons. The number of rotatable bonds is 3. The minimum absolute atomic E-state index is 0.141. The number of halogens is 2. The minimum atomic E-state index is -1.70. The van der Waals surface area contributed by atoms with Crippen LogP contribution in [0, 0.1) is 11.6 Å². The van der Waals surface area contributed by atoms with Crippen LogP contribution in [0.4, 0.5) is 14.5 Å². The highest BCUT2D eigenvalue weighted by Gasteiger charge is 2.18. The van der Waals surface area contributed by atoms with Gasteiger partial charge in [0.05, 0.1) is 0 Å². The minimum Gasteiger partial charge on any atom is -0.477 e. The summed E-state index contributed by atoms with van der Waals surface area (Å²) in [7, 11) is 0. The van der Waals surface area contributed by atoms with Gasteiger partial charge in [0.1, 0.15) is 17.2 Å². The predicted octanol–water partition coefficient (Wildman–Crippen LogP) is 2.57. The van der Waals surface area contributed by atoms with Crippen molar-refractivity contribution < 1.29 is 23.5 Å². The molecule has 0 fully saturated rings. The highest BCUT2D eigenvalue weighted by molar-refractivity contribution is 6.00. The van der Waals surface area contributed by atoms with Gasteiger partial charge in [0.25, 0.3) is 0 Å². The molecule has 0 heterocycles. The molecule has 1 aromatic rings. The largest absolute Gasteiger partial charge is 0.477 e. The molecule has 18 heavy (non-hydrogen) atoms. The van der Waals surface area contributed by atoms with Crippen LogP contribution in [0.15, 0.2) is 23.8 Å². The van der Waals surface area contributed by atoms with Crippen molar-refractivity contribution in [3.05, 3.63) is 41.0 Å². The van der Waals surface area contributed by atoms with E-state index in [1.807, 2.05) is 0 Å². The number of carbonyl (C=O) groups excluding carboxylic acids is 1. The number of carboxylic acids is 1. The van der Waals surface area contributed by atoms with Gasteiger partial charge in [-0.05, 0) is 26.0 Å². The second kappa shape index (κ2) is 5.39. The van der Waals surface area contributed by atoms with E-state index in [2.05, 4.69) is 5.32 Å². The lowest BCUT2D eigenvalue weighted by molar-refractivity contribution is -0.111. The van der Waals surface area contributed by atoms with E-state index < -0.39 is 29.1 Å². The number of hydrogen-bond donors (Lipinski definition) is 2. The summed E-state index contributed by atoms with van der Waals surface area (Å²) in [4.78, 5) is 21.9. The third kappa shape index (κ3) is 3.38. The van der Waals surface area contributed by atoms with Gasteiger partial charge in [0, 0.05) is 11.8 Å². The first-order valence-corrected chi connectivity index (χ1v) is 4.99. The number of benzene rings is 1. The Morgan fingerprint density at radius 1 is 1.22 bits per heavy atom. The number of amides is 1. The van der Waals surface area contributed by atoms with Crippen molar-refractivity contribution in [3.8, 4) is 0 Å². The van der Waals surface area contributed by atoms with Crippen LogP contribution < -0.4 is 5.32 Å². The van der Waals surface area contributed by atoms with Gasteiger partial charge in [0.15, 0.2) is 0 Å². The molecule has 0 saturated heterocycles. The highest BCUT2D eigenvalue weighted by atomic mass is 19.1. The molecule has 4 nitrogen and oxygen atoms in total. The quantitative estimate of drug-likeness (QED) is 0.816. The van der Waals surface area contributed by atoms with E-state index in [9.17, 15) is 18.4 Å². The molecule has 0 saturated carbocycles. The van der Waals surface area contributed by atoms with Crippen molar-refractivity contribution in [3.63, 3.8) is 0 Å².